The Morgan fingerprint density at radius 2 is 1.77 bits per heavy atom. The van der Waals surface area contributed by atoms with Gasteiger partial charge in [0.05, 0.1) is 18.5 Å². The Labute approximate surface area is 127 Å². The van der Waals surface area contributed by atoms with Gasteiger partial charge in [0.25, 0.3) is 0 Å². The van der Waals surface area contributed by atoms with Crippen LogP contribution in [0.3, 0.4) is 0 Å². The molecule has 0 amide bonds. The number of hydrogen-bond acceptors (Lipinski definition) is 4. The first-order chi connectivity index (χ1) is 10.7. The van der Waals surface area contributed by atoms with Crippen molar-refractivity contribution in [1.82, 2.24) is 15.0 Å². The van der Waals surface area contributed by atoms with Gasteiger partial charge in [-0.2, -0.15) is 0 Å². The summed E-state index contributed by atoms with van der Waals surface area (Å²) in [6, 6.07) is 13.6. The van der Waals surface area contributed by atoms with Crippen molar-refractivity contribution in [3.05, 3.63) is 60.0 Å². The van der Waals surface area contributed by atoms with Gasteiger partial charge in [0.1, 0.15) is 17.3 Å². The van der Waals surface area contributed by atoms with Gasteiger partial charge in [0.2, 0.25) is 0 Å². The Bertz CT molecular complexity index is 766. The first-order valence-corrected chi connectivity index (χ1v) is 6.78. The van der Waals surface area contributed by atoms with Gasteiger partial charge in [-0.05, 0) is 48.5 Å². The lowest BCUT2D eigenvalue weighted by atomic mass is 10.1. The number of halogens is 1. The lowest BCUT2D eigenvalue weighted by molar-refractivity contribution is 0.414. The molecule has 0 saturated carbocycles. The molecule has 5 nitrogen and oxygen atoms in total. The molecule has 112 valence electrons. The first kappa shape index (κ1) is 14.2. The maximum absolute atomic E-state index is 13.1. The second-order valence-corrected chi connectivity index (χ2v) is 4.71. The van der Waals surface area contributed by atoms with Crippen molar-refractivity contribution in [2.24, 2.45) is 5.73 Å². The summed E-state index contributed by atoms with van der Waals surface area (Å²) in [5, 5.41) is 8.28. The largest absolute Gasteiger partial charge is 0.497 e. The fourth-order valence-electron chi connectivity index (χ4n) is 2.25. The van der Waals surface area contributed by atoms with Gasteiger partial charge in [-0.3, -0.25) is 0 Å². The second kappa shape index (κ2) is 5.95. The van der Waals surface area contributed by atoms with Crippen LogP contribution >= 0.6 is 0 Å². The van der Waals surface area contributed by atoms with Crippen LogP contribution in [0.25, 0.3) is 16.9 Å². The molecule has 3 aromatic rings. The van der Waals surface area contributed by atoms with Crippen LogP contribution in [0.15, 0.2) is 48.5 Å². The molecule has 0 saturated heterocycles. The van der Waals surface area contributed by atoms with Crippen LogP contribution in [0, 0.1) is 5.82 Å². The zero-order valence-electron chi connectivity index (χ0n) is 12.0. The van der Waals surface area contributed by atoms with Gasteiger partial charge >= 0.3 is 0 Å². The lowest BCUT2D eigenvalue weighted by Crippen LogP contribution is -2.02. The van der Waals surface area contributed by atoms with E-state index in [2.05, 4.69) is 10.3 Å². The third-order valence-electron chi connectivity index (χ3n) is 3.37. The minimum absolute atomic E-state index is 0.253. The van der Waals surface area contributed by atoms with Crippen molar-refractivity contribution < 1.29 is 9.13 Å². The molecule has 0 atom stereocenters. The SMILES string of the molecule is COc1ccc(-n2nnc(CN)c2-c2ccc(F)cc2)cc1. The van der Waals surface area contributed by atoms with Crippen molar-refractivity contribution in [2.75, 3.05) is 7.11 Å². The number of hydrogen-bond donors (Lipinski definition) is 1. The quantitative estimate of drug-likeness (QED) is 0.804. The van der Waals surface area contributed by atoms with Crippen molar-refractivity contribution in [1.29, 1.82) is 0 Å². The number of nitrogens with two attached hydrogens (primary N) is 1. The van der Waals surface area contributed by atoms with E-state index in [4.69, 9.17) is 10.5 Å². The topological polar surface area (TPSA) is 66.0 Å². The smallest absolute Gasteiger partial charge is 0.123 e. The van der Waals surface area contributed by atoms with Crippen LogP contribution in [-0.4, -0.2) is 22.1 Å². The van der Waals surface area contributed by atoms with Crippen LogP contribution in [-0.2, 0) is 6.54 Å². The second-order valence-electron chi connectivity index (χ2n) is 4.71. The molecule has 0 aliphatic carbocycles. The maximum atomic E-state index is 13.1. The molecule has 0 aliphatic rings. The van der Waals surface area contributed by atoms with Crippen molar-refractivity contribution in [3.8, 4) is 22.7 Å². The summed E-state index contributed by atoms with van der Waals surface area (Å²) in [5.41, 5.74) is 8.79. The van der Waals surface area contributed by atoms with Crippen LogP contribution in [0.2, 0.25) is 0 Å². The Hall–Kier alpha value is -2.73. The molecule has 2 N–H and O–H groups in total. The van der Waals surface area contributed by atoms with Gasteiger partial charge in [0, 0.05) is 12.1 Å². The molecule has 0 aliphatic heterocycles. The van der Waals surface area contributed by atoms with Gasteiger partial charge in [-0.1, -0.05) is 5.21 Å². The average Bonchev–Trinajstić information content (AvgIpc) is 2.99. The van der Waals surface area contributed by atoms with Crippen LogP contribution < -0.4 is 10.5 Å². The highest BCUT2D eigenvalue weighted by molar-refractivity contribution is 5.64. The van der Waals surface area contributed by atoms with Crippen molar-refractivity contribution in [2.45, 2.75) is 6.54 Å². The van der Waals surface area contributed by atoms with Gasteiger partial charge in [-0.25, -0.2) is 9.07 Å². The standard InChI is InChI=1S/C16H15FN4O/c1-22-14-8-6-13(7-9-14)21-16(15(10-18)19-20-21)11-2-4-12(17)5-3-11/h2-9H,10,18H2,1H3. The zero-order valence-corrected chi connectivity index (χ0v) is 12.0. The molecule has 22 heavy (non-hydrogen) atoms. The summed E-state index contributed by atoms with van der Waals surface area (Å²) in [5.74, 6) is 0.466. The minimum atomic E-state index is -0.290. The number of rotatable bonds is 4. The zero-order chi connectivity index (χ0) is 15.5. The fourth-order valence-corrected chi connectivity index (χ4v) is 2.25. The van der Waals surface area contributed by atoms with Crippen molar-refractivity contribution in [3.63, 3.8) is 0 Å². The Morgan fingerprint density at radius 3 is 2.36 bits per heavy atom. The molecule has 0 unspecified atom stereocenters. The third kappa shape index (κ3) is 2.56. The highest BCUT2D eigenvalue weighted by Gasteiger charge is 2.15. The molecule has 0 fully saturated rings. The molecular weight excluding hydrogens is 283 g/mol. The normalized spacial score (nSPS) is 10.7. The van der Waals surface area contributed by atoms with E-state index in [0.717, 1.165) is 22.7 Å². The Balaban J connectivity index is 2.11. The summed E-state index contributed by atoms with van der Waals surface area (Å²) in [6.45, 7) is 0.253. The summed E-state index contributed by atoms with van der Waals surface area (Å²) in [6.07, 6.45) is 0. The number of benzene rings is 2. The molecule has 0 radical (unpaired) electrons. The summed E-state index contributed by atoms with van der Waals surface area (Å²) >= 11 is 0. The van der Waals surface area contributed by atoms with E-state index < -0.39 is 0 Å². The molecule has 0 spiro atoms. The third-order valence-corrected chi connectivity index (χ3v) is 3.37. The fraction of sp³-hybridized carbons (Fsp3) is 0.125. The molecule has 6 heteroatoms. The molecule has 3 rings (SSSR count). The van der Waals surface area contributed by atoms with Gasteiger partial charge < -0.3 is 10.5 Å². The van der Waals surface area contributed by atoms with Crippen LogP contribution in [0.5, 0.6) is 5.75 Å². The van der Waals surface area contributed by atoms with E-state index in [0.29, 0.717) is 5.69 Å². The molecule has 1 heterocycles. The van der Waals surface area contributed by atoms with E-state index in [9.17, 15) is 4.39 Å². The van der Waals surface area contributed by atoms with Gasteiger partial charge in [-0.15, -0.1) is 5.10 Å². The lowest BCUT2D eigenvalue weighted by Gasteiger charge is -2.09. The first-order valence-electron chi connectivity index (χ1n) is 6.78. The van der Waals surface area contributed by atoms with Crippen molar-refractivity contribution >= 4 is 0 Å². The minimum Gasteiger partial charge on any atom is -0.497 e. The van der Waals surface area contributed by atoms with E-state index >= 15 is 0 Å². The van der Waals surface area contributed by atoms with E-state index in [1.165, 1.54) is 12.1 Å². The number of methoxy groups -OCH3 is 1. The summed E-state index contributed by atoms with van der Waals surface area (Å²) < 4.78 is 20.0. The van der Waals surface area contributed by atoms with E-state index in [-0.39, 0.29) is 12.4 Å². The van der Waals surface area contributed by atoms with E-state index in [1.54, 1.807) is 23.9 Å². The van der Waals surface area contributed by atoms with E-state index in [1.807, 2.05) is 24.3 Å². The summed E-state index contributed by atoms with van der Waals surface area (Å²) in [7, 11) is 1.61. The summed E-state index contributed by atoms with van der Waals surface area (Å²) in [4.78, 5) is 0. The predicted molar refractivity (Wildman–Crippen MR) is 81.2 cm³/mol. The predicted octanol–water partition coefficient (Wildman–Crippen LogP) is 2.54. The number of nitrogens with zero attached hydrogens (tertiary/aromatic N) is 3. The monoisotopic (exact) mass is 298 g/mol. The van der Waals surface area contributed by atoms with Crippen LogP contribution in [0.1, 0.15) is 5.69 Å². The van der Waals surface area contributed by atoms with Crippen LogP contribution in [0.4, 0.5) is 4.39 Å². The highest BCUT2D eigenvalue weighted by atomic mass is 19.1. The number of aromatic nitrogens is 3. The maximum Gasteiger partial charge on any atom is 0.123 e. The molecule has 2 aromatic carbocycles. The molecule has 1 aromatic heterocycles. The number of ether oxygens (including phenoxy) is 1. The Kier molecular flexibility index (Phi) is 3.84. The molecule has 0 bridgehead atoms. The Morgan fingerprint density at radius 1 is 1.09 bits per heavy atom. The molecular formula is C16H15FN4O. The average molecular weight is 298 g/mol. The van der Waals surface area contributed by atoms with Gasteiger partial charge in [0.15, 0.2) is 0 Å². The highest BCUT2D eigenvalue weighted by Crippen LogP contribution is 2.26.